The number of nitrogens with one attached hydrogen (secondary N) is 5. The van der Waals surface area contributed by atoms with Gasteiger partial charge in [0.15, 0.2) is 5.72 Å². The van der Waals surface area contributed by atoms with Gasteiger partial charge < -0.3 is 46.8 Å². The Kier molecular flexibility index (Phi) is 25.5. The summed E-state index contributed by atoms with van der Waals surface area (Å²) in [6, 6.07) is 42.8. The number of hydrogen-bond donors (Lipinski definition) is 8. The highest BCUT2D eigenvalue weighted by Gasteiger charge is 2.45. The van der Waals surface area contributed by atoms with Gasteiger partial charge in [-0.2, -0.15) is 0 Å². The summed E-state index contributed by atoms with van der Waals surface area (Å²) in [6.45, 7) is 18.2. The molecule has 5 unspecified atom stereocenters. The van der Waals surface area contributed by atoms with Crippen molar-refractivity contribution in [1.82, 2.24) is 55.7 Å². The highest BCUT2D eigenvalue weighted by atomic mass is 35.5. The maximum absolute atomic E-state index is 15.3. The fourth-order valence-electron chi connectivity index (χ4n) is 14.4. The maximum Gasteiger partial charge on any atom is 0.277 e. The van der Waals surface area contributed by atoms with Crippen LogP contribution in [-0.2, 0) is 59.5 Å². The number of carbonyl (C=O) groups excluding carboxylic acids is 7. The minimum absolute atomic E-state index is 0.0604. The van der Waals surface area contributed by atoms with E-state index in [0.29, 0.717) is 96.6 Å². The van der Waals surface area contributed by atoms with Gasteiger partial charge in [-0.25, -0.2) is 9.97 Å². The number of aromatic nitrogens is 7. The van der Waals surface area contributed by atoms with Gasteiger partial charge >= 0.3 is 0 Å². The number of halogens is 1. The highest BCUT2D eigenvalue weighted by molar-refractivity contribution is 6.27. The molecule has 582 valence electrons. The lowest BCUT2D eigenvalue weighted by molar-refractivity contribution is -0.136. The smallest absolute Gasteiger partial charge is 0.277 e. The number of nitrogens with zero attached hydrogens (tertiary/aromatic N) is 9. The Morgan fingerprint density at radius 1 is 0.536 bits per heavy atom. The molecule has 0 aliphatic carbocycles. The summed E-state index contributed by atoms with van der Waals surface area (Å²) in [5.74, 6) is -3.87. The number of aromatic amines is 2. The molecule has 9 N–H and O–H groups in total. The number of amides is 7. The number of imidazole rings is 2. The molecule has 11 rings (SSSR count). The van der Waals surface area contributed by atoms with Gasteiger partial charge in [-0.05, 0) is 169 Å². The van der Waals surface area contributed by atoms with Crippen molar-refractivity contribution in [2.24, 2.45) is 0 Å². The Hall–Kier alpha value is -11.7. The van der Waals surface area contributed by atoms with Crippen LogP contribution >= 0.6 is 11.6 Å². The van der Waals surface area contributed by atoms with E-state index in [9.17, 15) is 24.6 Å². The molecule has 5 aromatic carbocycles. The molecule has 7 amide bonds. The van der Waals surface area contributed by atoms with Gasteiger partial charge in [0.1, 0.15) is 41.4 Å². The number of likely N-dealkylation sites (tertiary alicyclic amines) is 1. The summed E-state index contributed by atoms with van der Waals surface area (Å²) >= 11 is 6.09. The van der Waals surface area contributed by atoms with Gasteiger partial charge in [-0.15, -0.1) is 11.6 Å². The van der Waals surface area contributed by atoms with E-state index in [0.717, 1.165) is 27.8 Å². The molecule has 0 radical (unpaired) electrons. The van der Waals surface area contributed by atoms with E-state index in [-0.39, 0.29) is 35.0 Å². The van der Waals surface area contributed by atoms with Crippen LogP contribution in [0.4, 0.5) is 22.7 Å². The van der Waals surface area contributed by atoms with Gasteiger partial charge in [0.05, 0.1) is 31.7 Å². The summed E-state index contributed by atoms with van der Waals surface area (Å²) < 4.78 is 0. The Bertz CT molecular complexity index is 4840. The number of benzene rings is 5. The van der Waals surface area contributed by atoms with Gasteiger partial charge in [0.25, 0.3) is 17.7 Å². The molecule has 0 saturated carbocycles. The van der Waals surface area contributed by atoms with Crippen molar-refractivity contribution in [1.29, 1.82) is 0 Å². The molecule has 0 spiro atoms. The Morgan fingerprint density at radius 2 is 0.982 bits per heavy atom. The van der Waals surface area contributed by atoms with Crippen molar-refractivity contribution in [2.45, 2.75) is 159 Å². The highest BCUT2D eigenvalue weighted by Crippen LogP contribution is 2.40. The number of H-pyrrole nitrogens is 2. The standard InChI is InChI=1S/C87H98ClN15O9/c1-83(2,3)63-24-32-69(33-25-63)103(82(111)72-17-13-45-100(72)73(105)48-88)75(61-15-11-42-91-50-61)78(107)98-86(8,9)40-39-84(4,5)64-26-34-68(35-27-64)102(81(110)71-53-94-56-97-71)76(62-16-12-43-92-51-62)79(108)99-87(112,54-104)47-59-20-18-58(19-21-59)46-85(6,7)65-28-36-67(37-29-65)101(80(109)70-52-93-55-96-70)74(60-14-10-41-90-49-60)77(106)95-44-38-57-22-30-66(89)31-23-57/h10-12,14-16,18-37,41-43,49-53,55-56,72,74-76,104,112H,13,17,38-40,44-48,54,89H2,1-9H3,(H,93,96)(H,94,97)(H,95,106)(H,98,107)(H,99,108). The molecule has 5 atom stereocenters. The molecule has 1 aliphatic rings. The number of anilines is 4. The topological polar surface area (TPSA) is 331 Å². The molecular weight excluding hydrogens is 1430 g/mol. The minimum Gasteiger partial charge on any atom is -0.399 e. The molecule has 1 saturated heterocycles. The first-order chi connectivity index (χ1) is 53.5. The number of aliphatic hydroxyl groups is 2. The van der Waals surface area contributed by atoms with Crippen molar-refractivity contribution >= 4 is 75.7 Å². The SMILES string of the molecule is CC(C)(CCC(C)(C)c1ccc(N(C(=O)c2cnc[nH]2)C(C(=O)NC(O)(CO)Cc2ccc(CC(C)(C)c3ccc(N(C(=O)c4cnc[nH]4)C(C(=O)NCCc4ccc(N)cc4)c4cccnc4)cc3)cc2)c2cccnc2)cc1)NC(=O)C(c1cccnc1)N(C(=O)C1CCCN1C(=O)CCl)c1ccc(C(C)(C)C)cc1. The van der Waals surface area contributed by atoms with E-state index in [4.69, 9.17) is 17.3 Å². The largest absolute Gasteiger partial charge is 0.399 e. The van der Waals surface area contributed by atoms with E-state index in [1.54, 1.807) is 85.5 Å². The van der Waals surface area contributed by atoms with Crippen molar-refractivity contribution < 1.29 is 43.8 Å². The molecule has 5 aromatic heterocycles. The molecule has 6 heterocycles. The molecule has 112 heavy (non-hydrogen) atoms. The van der Waals surface area contributed by atoms with Crippen LogP contribution in [0.2, 0.25) is 0 Å². The number of alkyl halides is 1. The summed E-state index contributed by atoms with van der Waals surface area (Å²) in [7, 11) is 0. The first-order valence-corrected chi connectivity index (χ1v) is 38.0. The third-order valence-electron chi connectivity index (χ3n) is 20.8. The molecular formula is C87H98ClN15O9. The van der Waals surface area contributed by atoms with E-state index < -0.39 is 88.3 Å². The fourth-order valence-corrected chi connectivity index (χ4v) is 14.5. The zero-order chi connectivity index (χ0) is 80.1. The molecule has 10 aromatic rings. The number of nitrogens with two attached hydrogens (primary N) is 1. The van der Waals surface area contributed by atoms with Crippen LogP contribution in [-0.4, -0.2) is 134 Å². The van der Waals surface area contributed by atoms with E-state index in [1.165, 1.54) is 57.0 Å². The monoisotopic (exact) mass is 1530 g/mol. The summed E-state index contributed by atoms with van der Waals surface area (Å²) in [4.78, 5) is 136. The van der Waals surface area contributed by atoms with Crippen molar-refractivity contribution in [3.63, 3.8) is 0 Å². The van der Waals surface area contributed by atoms with Crippen LogP contribution in [0.15, 0.2) is 220 Å². The molecule has 1 aliphatic heterocycles. The first kappa shape index (κ1) is 81.3. The zero-order valence-electron chi connectivity index (χ0n) is 64.6. The maximum atomic E-state index is 15.3. The summed E-state index contributed by atoms with van der Waals surface area (Å²) in [6.07, 6.45) is 17.7. The number of aliphatic hydroxyl groups excluding tert-OH is 1. The van der Waals surface area contributed by atoms with E-state index >= 15 is 19.2 Å². The first-order valence-electron chi connectivity index (χ1n) is 37.5. The second-order valence-corrected chi connectivity index (χ2v) is 31.9. The average molecular weight is 1530 g/mol. The molecule has 25 heteroatoms. The fraction of sp³-hybridized carbons (Fsp3) is 0.333. The van der Waals surface area contributed by atoms with Gasteiger partial charge in [-0.1, -0.05) is 139 Å². The molecule has 24 nitrogen and oxygen atoms in total. The predicted molar refractivity (Wildman–Crippen MR) is 432 cm³/mol. The number of pyridine rings is 3. The summed E-state index contributed by atoms with van der Waals surface area (Å²) in [5.41, 5.74) is 10.2. The quantitative estimate of drug-likeness (QED) is 0.0114. The summed E-state index contributed by atoms with van der Waals surface area (Å²) in [5, 5.41) is 32.4. The van der Waals surface area contributed by atoms with Crippen LogP contribution in [0.1, 0.15) is 177 Å². The number of carbonyl (C=O) groups is 7. The van der Waals surface area contributed by atoms with E-state index in [2.05, 4.69) is 99.3 Å². The number of nitrogen functional groups attached to an aromatic ring is 1. The van der Waals surface area contributed by atoms with E-state index in [1.807, 2.05) is 111 Å². The lowest BCUT2D eigenvalue weighted by Gasteiger charge is -2.38. The van der Waals surface area contributed by atoms with Crippen molar-refractivity contribution in [2.75, 3.05) is 46.0 Å². The van der Waals surface area contributed by atoms with Crippen LogP contribution < -0.4 is 36.4 Å². The van der Waals surface area contributed by atoms with Crippen LogP contribution in [0.5, 0.6) is 0 Å². The normalized spacial score (nSPS) is 14.6. The number of hydrogen-bond acceptors (Lipinski definition) is 15. The van der Waals surface area contributed by atoms with Gasteiger partial charge in [0, 0.05) is 102 Å². The van der Waals surface area contributed by atoms with Crippen LogP contribution in [0.25, 0.3) is 0 Å². The number of rotatable bonds is 31. The van der Waals surface area contributed by atoms with Crippen LogP contribution in [0, 0.1) is 0 Å². The Labute approximate surface area is 658 Å². The third kappa shape index (κ3) is 19.5. The lowest BCUT2D eigenvalue weighted by atomic mass is 9.77. The van der Waals surface area contributed by atoms with Crippen LogP contribution in [0.3, 0.4) is 0 Å². The Morgan fingerprint density at radius 3 is 1.44 bits per heavy atom. The zero-order valence-corrected chi connectivity index (χ0v) is 65.4. The average Bonchev–Trinajstić information content (AvgIpc) is 1.13. The molecule has 1 fully saturated rings. The third-order valence-corrected chi connectivity index (χ3v) is 21.0. The second kappa shape index (κ2) is 35.1. The Balaban J connectivity index is 0.790. The van der Waals surface area contributed by atoms with Crippen molar-refractivity contribution in [3.05, 3.63) is 281 Å². The molecule has 0 bridgehead atoms. The second-order valence-electron chi connectivity index (χ2n) is 31.6. The van der Waals surface area contributed by atoms with Crippen molar-refractivity contribution in [3.8, 4) is 0 Å². The van der Waals surface area contributed by atoms with Gasteiger partial charge in [-0.3, -0.25) is 63.2 Å². The lowest BCUT2D eigenvalue weighted by Crippen LogP contribution is -2.56. The van der Waals surface area contributed by atoms with Gasteiger partial charge in [0.2, 0.25) is 23.6 Å². The predicted octanol–water partition coefficient (Wildman–Crippen LogP) is 11.8. The minimum atomic E-state index is -2.25.